The molecule has 0 saturated carbocycles. The topological polar surface area (TPSA) is 25.2 Å². The Bertz CT molecular complexity index is 506. The number of hydrogen-bond donors (Lipinski definition) is 1. The van der Waals surface area contributed by atoms with Crippen molar-refractivity contribution in [2.24, 2.45) is 0 Å². The molecule has 5 heteroatoms. The number of rotatable bonds is 4. The van der Waals surface area contributed by atoms with Gasteiger partial charge in [0.2, 0.25) is 0 Å². The van der Waals surface area contributed by atoms with Gasteiger partial charge < -0.3 is 9.73 Å². The standard InChI is InChI=1S/C12H13Cl2NOS/c1-3-15-10(11-7(2)4-5-16-11)8-6-9(13)17-12(8)14/h4-6,10,15H,3H2,1-2H3. The minimum atomic E-state index is -0.0359. The number of halogens is 2. The van der Waals surface area contributed by atoms with Gasteiger partial charge in [-0.05, 0) is 31.2 Å². The highest BCUT2D eigenvalue weighted by atomic mass is 35.5. The van der Waals surface area contributed by atoms with Gasteiger partial charge in [-0.3, -0.25) is 0 Å². The third-order valence-electron chi connectivity index (χ3n) is 2.57. The van der Waals surface area contributed by atoms with Crippen LogP contribution in [0.25, 0.3) is 0 Å². The molecule has 0 fully saturated rings. The fourth-order valence-electron chi connectivity index (χ4n) is 1.78. The molecule has 2 aromatic heterocycles. The summed E-state index contributed by atoms with van der Waals surface area (Å²) < 4.78 is 6.94. The van der Waals surface area contributed by atoms with Gasteiger partial charge in [0, 0.05) is 5.56 Å². The van der Waals surface area contributed by atoms with Crippen molar-refractivity contribution in [3.05, 3.63) is 44.0 Å². The number of thiophene rings is 1. The molecule has 2 nitrogen and oxygen atoms in total. The van der Waals surface area contributed by atoms with Crippen molar-refractivity contribution in [2.45, 2.75) is 19.9 Å². The van der Waals surface area contributed by atoms with E-state index in [-0.39, 0.29) is 6.04 Å². The van der Waals surface area contributed by atoms with E-state index in [4.69, 9.17) is 27.6 Å². The molecule has 0 saturated heterocycles. The number of aryl methyl sites for hydroxylation is 1. The molecule has 0 amide bonds. The Morgan fingerprint density at radius 2 is 2.24 bits per heavy atom. The summed E-state index contributed by atoms with van der Waals surface area (Å²) in [6.07, 6.45) is 1.69. The fourth-order valence-corrected chi connectivity index (χ4v) is 3.31. The first-order chi connectivity index (χ1) is 8.13. The van der Waals surface area contributed by atoms with Crippen LogP contribution in [-0.4, -0.2) is 6.54 Å². The molecule has 0 aliphatic rings. The SMILES string of the molecule is CCNC(c1cc(Cl)sc1Cl)c1occc1C. The Morgan fingerprint density at radius 1 is 1.47 bits per heavy atom. The second kappa shape index (κ2) is 5.44. The molecule has 0 aliphatic heterocycles. The Morgan fingerprint density at radius 3 is 2.71 bits per heavy atom. The molecule has 0 bridgehead atoms. The van der Waals surface area contributed by atoms with Gasteiger partial charge in [-0.25, -0.2) is 0 Å². The quantitative estimate of drug-likeness (QED) is 0.886. The molecule has 2 heterocycles. The fraction of sp³-hybridized carbons (Fsp3) is 0.333. The lowest BCUT2D eigenvalue weighted by atomic mass is 10.1. The summed E-state index contributed by atoms with van der Waals surface area (Å²) in [6, 6.07) is 3.80. The summed E-state index contributed by atoms with van der Waals surface area (Å²) in [6.45, 7) is 4.90. The van der Waals surface area contributed by atoms with E-state index in [1.807, 2.05) is 26.0 Å². The summed E-state index contributed by atoms with van der Waals surface area (Å²) in [4.78, 5) is 0. The number of hydrogen-bond acceptors (Lipinski definition) is 3. The first-order valence-corrected chi connectivity index (χ1v) is 6.92. The predicted octanol–water partition coefficient (Wildman–Crippen LogP) is 4.66. The largest absolute Gasteiger partial charge is 0.467 e. The number of furan rings is 1. The van der Waals surface area contributed by atoms with Gasteiger partial charge in [0.15, 0.2) is 0 Å². The minimum absolute atomic E-state index is 0.0359. The van der Waals surface area contributed by atoms with Crippen LogP contribution in [0.4, 0.5) is 0 Å². The van der Waals surface area contributed by atoms with Gasteiger partial charge in [0.25, 0.3) is 0 Å². The average molecular weight is 290 g/mol. The summed E-state index contributed by atoms with van der Waals surface area (Å²) in [5.74, 6) is 0.892. The van der Waals surface area contributed by atoms with E-state index in [1.54, 1.807) is 6.26 Å². The van der Waals surface area contributed by atoms with E-state index in [2.05, 4.69) is 5.32 Å². The molecule has 2 aromatic rings. The molecule has 2 rings (SSSR count). The Labute approximate surface area is 115 Å². The minimum Gasteiger partial charge on any atom is -0.467 e. The average Bonchev–Trinajstić information content (AvgIpc) is 2.82. The van der Waals surface area contributed by atoms with Gasteiger partial charge in [0.05, 0.1) is 21.0 Å². The summed E-state index contributed by atoms with van der Waals surface area (Å²) >= 11 is 13.6. The maximum absolute atomic E-state index is 6.20. The van der Waals surface area contributed by atoms with Gasteiger partial charge >= 0.3 is 0 Å². The van der Waals surface area contributed by atoms with Crippen LogP contribution >= 0.6 is 34.5 Å². The van der Waals surface area contributed by atoms with Crippen LogP contribution in [-0.2, 0) is 0 Å². The first kappa shape index (κ1) is 13.0. The van der Waals surface area contributed by atoms with Crippen molar-refractivity contribution >= 4 is 34.5 Å². The van der Waals surface area contributed by atoms with Gasteiger partial charge in [-0.15, -0.1) is 11.3 Å². The lowest BCUT2D eigenvalue weighted by molar-refractivity contribution is 0.450. The molecule has 92 valence electrons. The highest BCUT2D eigenvalue weighted by Crippen LogP contribution is 2.38. The lowest BCUT2D eigenvalue weighted by Gasteiger charge is -2.16. The summed E-state index contributed by atoms with van der Waals surface area (Å²) in [7, 11) is 0. The summed E-state index contributed by atoms with van der Waals surface area (Å²) in [5, 5.41) is 3.37. The van der Waals surface area contributed by atoms with E-state index >= 15 is 0 Å². The Kier molecular flexibility index (Phi) is 4.15. The molecule has 0 radical (unpaired) electrons. The normalized spacial score (nSPS) is 12.9. The van der Waals surface area contributed by atoms with Crippen LogP contribution in [0, 0.1) is 6.92 Å². The van der Waals surface area contributed by atoms with Gasteiger partial charge in [-0.1, -0.05) is 30.1 Å². The van der Waals surface area contributed by atoms with Crippen molar-refractivity contribution in [1.82, 2.24) is 5.32 Å². The maximum Gasteiger partial charge on any atom is 0.128 e. The molecule has 1 N–H and O–H groups in total. The van der Waals surface area contributed by atoms with Crippen LogP contribution in [0.5, 0.6) is 0 Å². The van der Waals surface area contributed by atoms with E-state index in [0.717, 1.165) is 23.4 Å². The lowest BCUT2D eigenvalue weighted by Crippen LogP contribution is -2.21. The molecular weight excluding hydrogens is 277 g/mol. The molecule has 1 unspecified atom stereocenters. The molecule has 17 heavy (non-hydrogen) atoms. The zero-order valence-electron chi connectivity index (χ0n) is 9.59. The van der Waals surface area contributed by atoms with Crippen molar-refractivity contribution in [2.75, 3.05) is 6.54 Å². The van der Waals surface area contributed by atoms with Crippen LogP contribution in [0.1, 0.15) is 29.9 Å². The zero-order chi connectivity index (χ0) is 12.4. The third-order valence-corrected chi connectivity index (χ3v) is 4.08. The highest BCUT2D eigenvalue weighted by molar-refractivity contribution is 7.20. The number of nitrogens with one attached hydrogen (secondary N) is 1. The molecule has 0 spiro atoms. The summed E-state index contributed by atoms with van der Waals surface area (Å²) in [5.41, 5.74) is 2.08. The van der Waals surface area contributed by atoms with E-state index in [9.17, 15) is 0 Å². The smallest absolute Gasteiger partial charge is 0.128 e. The van der Waals surface area contributed by atoms with Crippen molar-refractivity contribution in [1.29, 1.82) is 0 Å². The van der Waals surface area contributed by atoms with Crippen molar-refractivity contribution in [3.8, 4) is 0 Å². The molecule has 0 aliphatic carbocycles. The van der Waals surface area contributed by atoms with Crippen LogP contribution < -0.4 is 5.32 Å². The zero-order valence-corrected chi connectivity index (χ0v) is 11.9. The highest BCUT2D eigenvalue weighted by Gasteiger charge is 2.22. The van der Waals surface area contributed by atoms with Gasteiger partial charge in [0.1, 0.15) is 5.76 Å². The van der Waals surface area contributed by atoms with Crippen LogP contribution in [0.3, 0.4) is 0 Å². The maximum atomic E-state index is 6.20. The van der Waals surface area contributed by atoms with Crippen LogP contribution in [0.15, 0.2) is 22.8 Å². The van der Waals surface area contributed by atoms with Gasteiger partial charge in [-0.2, -0.15) is 0 Å². The van der Waals surface area contributed by atoms with E-state index < -0.39 is 0 Å². The Balaban J connectivity index is 2.42. The second-order valence-electron chi connectivity index (χ2n) is 3.74. The van der Waals surface area contributed by atoms with E-state index in [1.165, 1.54) is 11.3 Å². The molecular formula is C12H13Cl2NOS. The van der Waals surface area contributed by atoms with Crippen LogP contribution in [0.2, 0.25) is 8.67 Å². The van der Waals surface area contributed by atoms with Crippen molar-refractivity contribution in [3.63, 3.8) is 0 Å². The second-order valence-corrected chi connectivity index (χ2v) is 6.02. The van der Waals surface area contributed by atoms with E-state index in [0.29, 0.717) is 8.67 Å². The predicted molar refractivity (Wildman–Crippen MR) is 73.3 cm³/mol. The molecule has 0 aromatic carbocycles. The Hall–Kier alpha value is -0.480. The molecule has 1 atom stereocenters. The third kappa shape index (κ3) is 2.68. The van der Waals surface area contributed by atoms with Crippen molar-refractivity contribution < 1.29 is 4.42 Å². The first-order valence-electron chi connectivity index (χ1n) is 5.35. The monoisotopic (exact) mass is 289 g/mol.